The standard InChI is InChI=1S/C23H25N5O/c29-22-11-16(15-28-9-8-25-23(28)17-4-2-1-3-5-17)10-21(22)26-14-19-12-18-13-24-7-6-20(18)27-19/h1-9,12-13,16,21-22,26-27,29H,10-11,14-15H2/t16?,21-,22-/m1/s1. The number of H-pyrrole nitrogens is 1. The molecule has 5 rings (SSSR count). The van der Waals surface area contributed by atoms with Gasteiger partial charge in [-0.3, -0.25) is 4.98 Å². The van der Waals surface area contributed by atoms with Gasteiger partial charge in [-0.2, -0.15) is 0 Å². The van der Waals surface area contributed by atoms with Gasteiger partial charge in [0.2, 0.25) is 0 Å². The van der Waals surface area contributed by atoms with Gasteiger partial charge in [-0.25, -0.2) is 4.98 Å². The predicted molar refractivity (Wildman–Crippen MR) is 113 cm³/mol. The second-order valence-corrected chi connectivity index (χ2v) is 7.92. The number of hydrogen-bond donors (Lipinski definition) is 3. The van der Waals surface area contributed by atoms with E-state index in [1.54, 1.807) is 6.20 Å². The molecule has 1 fully saturated rings. The van der Waals surface area contributed by atoms with Crippen molar-refractivity contribution >= 4 is 10.9 Å². The Morgan fingerprint density at radius 1 is 1.14 bits per heavy atom. The molecule has 1 aliphatic carbocycles. The number of aliphatic hydroxyl groups excluding tert-OH is 1. The molecule has 1 aliphatic rings. The van der Waals surface area contributed by atoms with Crippen LogP contribution in [-0.4, -0.2) is 36.8 Å². The largest absolute Gasteiger partial charge is 0.391 e. The summed E-state index contributed by atoms with van der Waals surface area (Å²) in [5.41, 5.74) is 3.33. The fourth-order valence-corrected chi connectivity index (χ4v) is 4.44. The Bertz CT molecular complexity index is 1050. The molecule has 3 N–H and O–H groups in total. The Balaban J connectivity index is 1.22. The maximum Gasteiger partial charge on any atom is 0.139 e. The number of aromatic nitrogens is 4. The fourth-order valence-electron chi connectivity index (χ4n) is 4.44. The molecule has 29 heavy (non-hydrogen) atoms. The zero-order valence-electron chi connectivity index (χ0n) is 16.2. The van der Waals surface area contributed by atoms with Crippen molar-refractivity contribution in [3.05, 3.63) is 72.9 Å². The van der Waals surface area contributed by atoms with Crippen LogP contribution in [0.15, 0.2) is 67.3 Å². The summed E-state index contributed by atoms with van der Waals surface area (Å²) in [5.74, 6) is 1.41. The lowest BCUT2D eigenvalue weighted by molar-refractivity contribution is 0.145. The molecule has 3 aromatic heterocycles. The van der Waals surface area contributed by atoms with Crippen LogP contribution in [0.3, 0.4) is 0 Å². The second-order valence-electron chi connectivity index (χ2n) is 7.92. The van der Waals surface area contributed by atoms with Crippen molar-refractivity contribution < 1.29 is 5.11 Å². The second kappa shape index (κ2) is 7.81. The van der Waals surface area contributed by atoms with Gasteiger partial charge in [0.05, 0.1) is 6.10 Å². The van der Waals surface area contributed by atoms with Gasteiger partial charge in [0.15, 0.2) is 0 Å². The number of nitrogens with one attached hydrogen (secondary N) is 2. The Morgan fingerprint density at radius 3 is 2.90 bits per heavy atom. The number of benzene rings is 1. The molecule has 0 amide bonds. The summed E-state index contributed by atoms with van der Waals surface area (Å²) in [7, 11) is 0. The van der Waals surface area contributed by atoms with Crippen molar-refractivity contribution in [2.45, 2.75) is 38.1 Å². The summed E-state index contributed by atoms with van der Waals surface area (Å²) in [4.78, 5) is 12.1. The molecule has 0 radical (unpaired) electrons. The van der Waals surface area contributed by atoms with Crippen molar-refractivity contribution in [3.63, 3.8) is 0 Å². The molecule has 1 unspecified atom stereocenters. The Hall–Kier alpha value is -2.96. The lowest BCUT2D eigenvalue weighted by Crippen LogP contribution is -2.35. The van der Waals surface area contributed by atoms with Crippen LogP contribution in [0.5, 0.6) is 0 Å². The lowest BCUT2D eigenvalue weighted by atomic mass is 10.1. The summed E-state index contributed by atoms with van der Waals surface area (Å²) < 4.78 is 2.21. The van der Waals surface area contributed by atoms with E-state index < -0.39 is 0 Å². The number of pyridine rings is 1. The first kappa shape index (κ1) is 18.1. The first-order valence-electron chi connectivity index (χ1n) is 10.2. The van der Waals surface area contributed by atoms with E-state index >= 15 is 0 Å². The van der Waals surface area contributed by atoms with E-state index in [-0.39, 0.29) is 12.1 Å². The fraction of sp³-hybridized carbons (Fsp3) is 0.304. The number of fused-ring (bicyclic) bond motifs is 1. The van der Waals surface area contributed by atoms with Gasteiger partial charge in [-0.05, 0) is 30.9 Å². The van der Waals surface area contributed by atoms with Crippen LogP contribution in [0, 0.1) is 5.92 Å². The third kappa shape index (κ3) is 3.81. The van der Waals surface area contributed by atoms with Crippen LogP contribution in [0.1, 0.15) is 18.5 Å². The Labute approximate surface area is 169 Å². The molecular weight excluding hydrogens is 362 g/mol. The molecular formula is C23H25N5O. The van der Waals surface area contributed by atoms with Crippen molar-refractivity contribution in [2.75, 3.05) is 0 Å². The minimum Gasteiger partial charge on any atom is -0.391 e. The number of aliphatic hydroxyl groups is 1. The molecule has 1 saturated carbocycles. The maximum atomic E-state index is 10.6. The van der Waals surface area contributed by atoms with Crippen molar-refractivity contribution in [2.24, 2.45) is 5.92 Å². The minimum absolute atomic E-state index is 0.105. The molecule has 6 heteroatoms. The van der Waals surface area contributed by atoms with E-state index in [9.17, 15) is 5.11 Å². The van der Waals surface area contributed by atoms with E-state index in [1.807, 2.05) is 42.9 Å². The van der Waals surface area contributed by atoms with Gasteiger partial charge < -0.3 is 20.0 Å². The van der Waals surface area contributed by atoms with Crippen molar-refractivity contribution in [1.29, 1.82) is 0 Å². The van der Waals surface area contributed by atoms with Crippen LogP contribution in [0.4, 0.5) is 0 Å². The number of aromatic amines is 1. The lowest BCUT2D eigenvalue weighted by Gasteiger charge is -2.16. The smallest absolute Gasteiger partial charge is 0.139 e. The first-order chi connectivity index (χ1) is 14.3. The minimum atomic E-state index is -0.324. The maximum absolute atomic E-state index is 10.6. The molecule has 4 aromatic rings. The SMILES string of the molecule is O[C@@H]1CC(Cn2ccnc2-c2ccccc2)C[C@H]1NCc1cc2cnccc2[nH]1. The monoisotopic (exact) mass is 387 g/mol. The summed E-state index contributed by atoms with van der Waals surface area (Å²) >= 11 is 0. The predicted octanol–water partition coefficient (Wildman–Crippen LogP) is 3.36. The highest BCUT2D eigenvalue weighted by atomic mass is 16.3. The van der Waals surface area contributed by atoms with Crippen LogP contribution >= 0.6 is 0 Å². The molecule has 1 aromatic carbocycles. The number of hydrogen-bond acceptors (Lipinski definition) is 4. The molecule has 148 valence electrons. The third-order valence-electron chi connectivity index (χ3n) is 5.86. The van der Waals surface area contributed by atoms with E-state index in [0.717, 1.165) is 47.4 Å². The summed E-state index contributed by atoms with van der Waals surface area (Å²) in [6, 6.07) is 14.5. The van der Waals surface area contributed by atoms with Gasteiger partial charge in [0, 0.05) is 66.1 Å². The highest BCUT2D eigenvalue weighted by molar-refractivity contribution is 5.79. The van der Waals surface area contributed by atoms with Gasteiger partial charge in [0.25, 0.3) is 0 Å². The average Bonchev–Trinajstić information content (AvgIpc) is 3.45. The number of imidazole rings is 1. The number of nitrogens with zero attached hydrogens (tertiary/aromatic N) is 3. The van der Waals surface area contributed by atoms with Gasteiger partial charge in [-0.1, -0.05) is 30.3 Å². The van der Waals surface area contributed by atoms with E-state index in [0.29, 0.717) is 12.5 Å². The molecule has 3 heterocycles. The van der Waals surface area contributed by atoms with Gasteiger partial charge in [0.1, 0.15) is 5.82 Å². The third-order valence-corrected chi connectivity index (χ3v) is 5.86. The average molecular weight is 387 g/mol. The van der Waals surface area contributed by atoms with Crippen molar-refractivity contribution in [1.82, 2.24) is 24.8 Å². The first-order valence-corrected chi connectivity index (χ1v) is 10.2. The molecule has 0 bridgehead atoms. The summed E-state index contributed by atoms with van der Waals surface area (Å²) in [5, 5.41) is 15.2. The topological polar surface area (TPSA) is 78.8 Å². The molecule has 0 saturated heterocycles. The number of rotatable bonds is 6. The van der Waals surface area contributed by atoms with Gasteiger partial charge in [-0.15, -0.1) is 0 Å². The molecule has 0 aliphatic heterocycles. The van der Waals surface area contributed by atoms with Crippen LogP contribution in [-0.2, 0) is 13.1 Å². The van der Waals surface area contributed by atoms with Crippen LogP contribution in [0.25, 0.3) is 22.3 Å². The highest BCUT2D eigenvalue weighted by Gasteiger charge is 2.33. The normalized spacial score (nSPS) is 21.8. The zero-order valence-corrected chi connectivity index (χ0v) is 16.2. The van der Waals surface area contributed by atoms with Gasteiger partial charge >= 0.3 is 0 Å². The molecule has 3 atom stereocenters. The van der Waals surface area contributed by atoms with E-state index in [4.69, 9.17) is 0 Å². The molecule has 0 spiro atoms. The highest BCUT2D eigenvalue weighted by Crippen LogP contribution is 2.29. The van der Waals surface area contributed by atoms with Crippen LogP contribution in [0.2, 0.25) is 0 Å². The Kier molecular flexibility index (Phi) is 4.87. The summed E-state index contributed by atoms with van der Waals surface area (Å²) in [6.07, 6.45) is 8.99. The quantitative estimate of drug-likeness (QED) is 0.474. The van der Waals surface area contributed by atoms with E-state index in [1.165, 1.54) is 0 Å². The van der Waals surface area contributed by atoms with Crippen molar-refractivity contribution in [3.8, 4) is 11.4 Å². The summed E-state index contributed by atoms with van der Waals surface area (Å²) in [6.45, 7) is 1.58. The van der Waals surface area contributed by atoms with Crippen LogP contribution < -0.4 is 5.32 Å². The van der Waals surface area contributed by atoms with E-state index in [2.05, 4.69) is 43.0 Å². The zero-order chi connectivity index (χ0) is 19.6. The Morgan fingerprint density at radius 2 is 2.03 bits per heavy atom. The molecule has 6 nitrogen and oxygen atoms in total.